The Bertz CT molecular complexity index is 1350. The van der Waals surface area contributed by atoms with Crippen LogP contribution in [0.1, 0.15) is 47.1 Å². The number of ether oxygens (including phenoxy) is 3. The second-order valence-electron chi connectivity index (χ2n) is 10.1. The molecule has 0 bridgehead atoms. The number of fused-ring (bicyclic) bond motifs is 1. The molecule has 40 heavy (non-hydrogen) atoms. The summed E-state index contributed by atoms with van der Waals surface area (Å²) in [6.07, 6.45) is 0.344. The van der Waals surface area contributed by atoms with Crippen molar-refractivity contribution in [2.45, 2.75) is 78.5 Å². The SMILES string of the molecule is CC(C)OC(=O)[C@H](C)O[P@](=O)(CO[C@H](C)Cn1cnc2c(N)ncnc21)NC(C)(C)C(=O)OCc1ccccc1. The van der Waals surface area contributed by atoms with Crippen LogP contribution >= 0.6 is 7.52 Å². The summed E-state index contributed by atoms with van der Waals surface area (Å²) >= 11 is 0. The molecule has 3 rings (SSSR count). The van der Waals surface area contributed by atoms with Crippen LogP contribution in [0.15, 0.2) is 43.0 Å². The molecule has 0 saturated carbocycles. The van der Waals surface area contributed by atoms with Gasteiger partial charge in [0.15, 0.2) is 17.6 Å². The van der Waals surface area contributed by atoms with Gasteiger partial charge in [0.05, 0.1) is 25.1 Å². The first kappa shape index (κ1) is 31.2. The number of anilines is 1. The van der Waals surface area contributed by atoms with Crippen molar-refractivity contribution in [2.24, 2.45) is 0 Å². The van der Waals surface area contributed by atoms with Crippen molar-refractivity contribution >= 4 is 36.4 Å². The quantitative estimate of drug-likeness (QED) is 0.212. The van der Waals surface area contributed by atoms with Crippen LogP contribution in [0.25, 0.3) is 11.2 Å². The maximum Gasteiger partial charge on any atom is 0.335 e. The van der Waals surface area contributed by atoms with E-state index in [1.807, 2.05) is 30.3 Å². The second kappa shape index (κ2) is 13.3. The fourth-order valence-corrected chi connectivity index (χ4v) is 5.85. The molecule has 2 heterocycles. The van der Waals surface area contributed by atoms with E-state index < -0.39 is 49.7 Å². The number of aromatic nitrogens is 4. The summed E-state index contributed by atoms with van der Waals surface area (Å²) in [7, 11) is -3.99. The smallest absolute Gasteiger partial charge is 0.335 e. The number of nitrogens with zero attached hydrogens (tertiary/aromatic N) is 4. The highest BCUT2D eigenvalue weighted by atomic mass is 31.2. The summed E-state index contributed by atoms with van der Waals surface area (Å²) in [6, 6.07) is 9.17. The molecule has 0 radical (unpaired) electrons. The van der Waals surface area contributed by atoms with Gasteiger partial charge in [-0.15, -0.1) is 0 Å². The van der Waals surface area contributed by atoms with Crippen molar-refractivity contribution in [3.05, 3.63) is 48.5 Å². The average molecular weight is 577 g/mol. The number of nitrogens with one attached hydrogen (secondary N) is 1. The highest BCUT2D eigenvalue weighted by Crippen LogP contribution is 2.46. The summed E-state index contributed by atoms with van der Waals surface area (Å²) in [4.78, 5) is 37.8. The predicted molar refractivity (Wildman–Crippen MR) is 148 cm³/mol. The lowest BCUT2D eigenvalue weighted by Gasteiger charge is -2.31. The Morgan fingerprint density at radius 3 is 2.48 bits per heavy atom. The third-order valence-corrected chi connectivity index (χ3v) is 7.64. The fraction of sp³-hybridized carbons (Fsp3) is 0.500. The van der Waals surface area contributed by atoms with Crippen LogP contribution in [-0.2, 0) is 46.0 Å². The maximum absolute atomic E-state index is 14.0. The molecule has 0 aliphatic heterocycles. The molecule has 0 amide bonds. The minimum absolute atomic E-state index is 0.0352. The molecule has 1 aromatic carbocycles. The molecule has 0 unspecified atom stereocenters. The number of hydrogen-bond acceptors (Lipinski definition) is 11. The first-order valence-corrected chi connectivity index (χ1v) is 14.6. The van der Waals surface area contributed by atoms with E-state index in [-0.39, 0.29) is 12.4 Å². The summed E-state index contributed by atoms with van der Waals surface area (Å²) in [6.45, 7) is 9.92. The predicted octanol–water partition coefficient (Wildman–Crippen LogP) is 3.43. The first-order valence-electron chi connectivity index (χ1n) is 12.8. The second-order valence-corrected chi connectivity index (χ2v) is 12.2. The van der Waals surface area contributed by atoms with Gasteiger partial charge in [-0.2, -0.15) is 0 Å². The Kier molecular flexibility index (Phi) is 10.4. The number of benzene rings is 1. The van der Waals surface area contributed by atoms with Crippen molar-refractivity contribution in [1.82, 2.24) is 24.6 Å². The number of hydrogen-bond donors (Lipinski definition) is 2. The molecular weight excluding hydrogens is 539 g/mol. The zero-order valence-corrected chi connectivity index (χ0v) is 24.5. The van der Waals surface area contributed by atoms with E-state index in [1.54, 1.807) is 31.7 Å². The van der Waals surface area contributed by atoms with Crippen LogP contribution < -0.4 is 10.8 Å². The Balaban J connectivity index is 1.72. The van der Waals surface area contributed by atoms with E-state index >= 15 is 0 Å². The monoisotopic (exact) mass is 576 g/mol. The average Bonchev–Trinajstić information content (AvgIpc) is 3.29. The van der Waals surface area contributed by atoms with Gasteiger partial charge in [0.25, 0.3) is 7.52 Å². The third-order valence-electron chi connectivity index (χ3n) is 5.60. The highest BCUT2D eigenvalue weighted by molar-refractivity contribution is 7.56. The van der Waals surface area contributed by atoms with E-state index in [1.165, 1.54) is 27.1 Å². The van der Waals surface area contributed by atoms with Gasteiger partial charge in [-0.25, -0.2) is 24.8 Å². The topological polar surface area (TPSA) is 170 Å². The lowest BCUT2D eigenvalue weighted by atomic mass is 10.1. The highest BCUT2D eigenvalue weighted by Gasteiger charge is 2.40. The van der Waals surface area contributed by atoms with Gasteiger partial charge >= 0.3 is 11.9 Å². The van der Waals surface area contributed by atoms with Crippen LogP contribution in [-0.4, -0.2) is 61.7 Å². The Morgan fingerprint density at radius 1 is 1.10 bits per heavy atom. The Morgan fingerprint density at radius 2 is 1.80 bits per heavy atom. The lowest BCUT2D eigenvalue weighted by molar-refractivity contribution is -0.155. The molecule has 2 aromatic heterocycles. The number of nitrogen functional groups attached to an aromatic ring is 1. The first-order chi connectivity index (χ1) is 18.8. The van der Waals surface area contributed by atoms with Gasteiger partial charge in [-0.1, -0.05) is 30.3 Å². The van der Waals surface area contributed by atoms with Crippen molar-refractivity contribution in [1.29, 1.82) is 0 Å². The standard InChI is InChI=1S/C26H37N6O7P/c1-17(2)38-24(33)19(4)39-40(35,31-26(5,6)25(34)36-13-20-10-8-7-9-11-20)16-37-18(3)12-32-15-30-21-22(27)28-14-29-23(21)32/h7-11,14-15,17-19H,12-13,16H2,1-6H3,(H,31,35)(H2,27,28,29)/t18-,19+,40-/m1/s1. The molecule has 0 saturated heterocycles. The zero-order chi connectivity index (χ0) is 29.5. The molecule has 0 aliphatic rings. The summed E-state index contributed by atoms with van der Waals surface area (Å²) < 4.78 is 38.0. The number of imidazole rings is 1. The number of carbonyl (C=O) groups is 2. The van der Waals surface area contributed by atoms with Gasteiger partial charge < -0.3 is 29.0 Å². The molecule has 3 N–H and O–H groups in total. The molecule has 0 fully saturated rings. The van der Waals surface area contributed by atoms with E-state index in [0.717, 1.165) is 5.56 Å². The summed E-state index contributed by atoms with van der Waals surface area (Å²) in [5.74, 6) is -1.10. The zero-order valence-electron chi connectivity index (χ0n) is 23.6. The van der Waals surface area contributed by atoms with E-state index in [2.05, 4.69) is 20.0 Å². The summed E-state index contributed by atoms with van der Waals surface area (Å²) in [5, 5.41) is 2.77. The number of carbonyl (C=O) groups excluding carboxylic acids is 2. The van der Waals surface area contributed by atoms with E-state index in [9.17, 15) is 14.2 Å². The summed E-state index contributed by atoms with van der Waals surface area (Å²) in [5.41, 5.74) is 6.19. The normalized spacial score (nSPS) is 15.0. The Hall–Kier alpha value is -3.38. The molecule has 13 nitrogen and oxygen atoms in total. The van der Waals surface area contributed by atoms with Crippen molar-refractivity contribution in [3.63, 3.8) is 0 Å². The van der Waals surface area contributed by atoms with Crippen molar-refractivity contribution in [3.8, 4) is 0 Å². The van der Waals surface area contributed by atoms with Crippen LogP contribution in [0.2, 0.25) is 0 Å². The van der Waals surface area contributed by atoms with Gasteiger partial charge in [-0.05, 0) is 47.1 Å². The lowest BCUT2D eigenvalue weighted by Crippen LogP contribution is -2.47. The fourth-order valence-electron chi connectivity index (χ4n) is 3.68. The maximum atomic E-state index is 14.0. The molecule has 0 spiro atoms. The number of nitrogens with two attached hydrogens (primary N) is 1. The molecule has 3 aromatic rings. The largest absolute Gasteiger partial charge is 0.461 e. The molecule has 218 valence electrons. The minimum Gasteiger partial charge on any atom is -0.461 e. The van der Waals surface area contributed by atoms with Crippen molar-refractivity contribution in [2.75, 3.05) is 12.1 Å². The molecule has 14 heteroatoms. The van der Waals surface area contributed by atoms with Gasteiger partial charge in [0.2, 0.25) is 0 Å². The third kappa shape index (κ3) is 8.56. The number of rotatable bonds is 14. The number of esters is 2. The van der Waals surface area contributed by atoms with Crippen molar-refractivity contribution < 1.29 is 32.9 Å². The minimum atomic E-state index is -3.99. The van der Waals surface area contributed by atoms with E-state index in [4.69, 9.17) is 24.5 Å². The van der Waals surface area contributed by atoms with Crippen LogP contribution in [0.5, 0.6) is 0 Å². The molecule has 0 aliphatic carbocycles. The van der Waals surface area contributed by atoms with E-state index in [0.29, 0.717) is 17.7 Å². The van der Waals surface area contributed by atoms with Crippen LogP contribution in [0, 0.1) is 0 Å². The van der Waals surface area contributed by atoms with Gasteiger partial charge in [0, 0.05) is 0 Å². The molecular formula is C26H37N6O7P. The van der Waals surface area contributed by atoms with Gasteiger partial charge in [0.1, 0.15) is 30.3 Å². The van der Waals surface area contributed by atoms with Crippen LogP contribution in [0.3, 0.4) is 0 Å². The van der Waals surface area contributed by atoms with Crippen LogP contribution in [0.4, 0.5) is 5.82 Å². The Labute approximate surface area is 233 Å². The van der Waals surface area contributed by atoms with Gasteiger partial charge in [-0.3, -0.25) is 9.36 Å². The molecule has 3 atom stereocenters.